The van der Waals surface area contributed by atoms with Crippen molar-refractivity contribution < 1.29 is 12.8 Å². The molecule has 0 atom stereocenters. The van der Waals surface area contributed by atoms with Gasteiger partial charge in [0.2, 0.25) is 9.84 Å². The molecule has 2 aromatic carbocycles. The molecule has 0 bridgehead atoms. The third-order valence-electron chi connectivity index (χ3n) is 3.66. The minimum atomic E-state index is -3.60. The summed E-state index contributed by atoms with van der Waals surface area (Å²) in [7, 11) is -3.60. The minimum absolute atomic E-state index is 0.271. The summed E-state index contributed by atoms with van der Waals surface area (Å²) in [4.78, 5) is 0.563. The molecule has 22 heavy (non-hydrogen) atoms. The van der Waals surface area contributed by atoms with Gasteiger partial charge in [0.15, 0.2) is 0 Å². The first-order valence-electron chi connectivity index (χ1n) is 6.81. The van der Waals surface area contributed by atoms with Crippen LogP contribution in [0.15, 0.2) is 50.6 Å². The molecule has 1 heterocycles. The second-order valence-corrected chi connectivity index (χ2v) is 8.54. The molecule has 114 valence electrons. The molecule has 0 unspecified atom stereocenters. The molecule has 0 N–H and O–H groups in total. The van der Waals surface area contributed by atoms with Gasteiger partial charge in [-0.15, -0.1) is 0 Å². The molecule has 3 aromatic rings. The largest absolute Gasteiger partial charge is 0.460 e. The van der Waals surface area contributed by atoms with Crippen molar-refractivity contribution in [2.75, 3.05) is 0 Å². The van der Waals surface area contributed by atoms with E-state index in [1.54, 1.807) is 31.2 Å². The predicted octanol–water partition coefficient (Wildman–Crippen LogP) is 4.80. The van der Waals surface area contributed by atoms with Crippen LogP contribution in [0.2, 0.25) is 0 Å². The lowest BCUT2D eigenvalue weighted by molar-refractivity contribution is 0.556. The van der Waals surface area contributed by atoms with E-state index in [4.69, 9.17) is 4.42 Å². The summed E-state index contributed by atoms with van der Waals surface area (Å²) in [5.41, 5.74) is 2.61. The summed E-state index contributed by atoms with van der Waals surface area (Å²) < 4.78 is 32.7. The van der Waals surface area contributed by atoms with E-state index in [1.165, 1.54) is 0 Å². The molecule has 0 spiro atoms. The summed E-state index contributed by atoms with van der Waals surface area (Å²) >= 11 is 2.19. The van der Waals surface area contributed by atoms with Crippen LogP contribution in [-0.4, -0.2) is 8.42 Å². The van der Waals surface area contributed by atoms with Crippen molar-refractivity contribution in [3.05, 3.63) is 56.9 Å². The van der Waals surface area contributed by atoms with Crippen LogP contribution < -0.4 is 0 Å². The number of hydrogen-bond acceptors (Lipinski definition) is 3. The number of aryl methyl sites for hydroxylation is 3. The van der Waals surface area contributed by atoms with Gasteiger partial charge in [0.05, 0.1) is 4.90 Å². The zero-order valence-electron chi connectivity index (χ0n) is 12.5. The second kappa shape index (κ2) is 5.38. The fourth-order valence-electron chi connectivity index (χ4n) is 2.59. The SMILES string of the molecule is Cc1ccc(S(=O)(=O)c2c(C)oc3c(C)cc(I)cc23)cc1. The van der Waals surface area contributed by atoms with Crippen molar-refractivity contribution in [2.24, 2.45) is 0 Å². The second-order valence-electron chi connectivity index (χ2n) is 5.40. The van der Waals surface area contributed by atoms with Gasteiger partial charge in [-0.2, -0.15) is 0 Å². The highest BCUT2D eigenvalue weighted by Gasteiger charge is 2.27. The van der Waals surface area contributed by atoms with Crippen LogP contribution in [-0.2, 0) is 9.84 Å². The van der Waals surface area contributed by atoms with Crippen molar-refractivity contribution in [1.29, 1.82) is 0 Å². The molecule has 5 heteroatoms. The van der Waals surface area contributed by atoms with Gasteiger partial charge >= 0.3 is 0 Å². The molecular formula is C17H15IO3S. The molecule has 0 saturated carbocycles. The Morgan fingerprint density at radius 1 is 1.00 bits per heavy atom. The number of hydrogen-bond donors (Lipinski definition) is 0. The van der Waals surface area contributed by atoms with E-state index in [1.807, 2.05) is 26.0 Å². The standard InChI is InChI=1S/C17H15IO3S/c1-10-4-6-14(7-5-10)22(19,20)17-12(3)21-16-11(2)8-13(18)9-15(16)17/h4-9H,1-3H3. The third kappa shape index (κ3) is 2.46. The molecule has 0 aliphatic rings. The Morgan fingerprint density at radius 3 is 2.27 bits per heavy atom. The molecule has 3 nitrogen and oxygen atoms in total. The summed E-state index contributed by atoms with van der Waals surface area (Å²) in [6.45, 7) is 5.56. The topological polar surface area (TPSA) is 47.3 Å². The molecule has 0 radical (unpaired) electrons. The Balaban J connectivity index is 2.34. The Hall–Kier alpha value is -1.34. The van der Waals surface area contributed by atoms with Crippen LogP contribution in [0.3, 0.4) is 0 Å². The van der Waals surface area contributed by atoms with Crippen LogP contribution in [0.1, 0.15) is 16.9 Å². The van der Waals surface area contributed by atoms with Gasteiger partial charge in [-0.25, -0.2) is 8.42 Å². The number of halogens is 1. The summed E-state index contributed by atoms with van der Waals surface area (Å²) in [5, 5.41) is 0.655. The molecule has 0 aliphatic heterocycles. The van der Waals surface area contributed by atoms with E-state index in [9.17, 15) is 8.42 Å². The Labute approximate surface area is 143 Å². The third-order valence-corrected chi connectivity index (χ3v) is 6.22. The van der Waals surface area contributed by atoms with E-state index >= 15 is 0 Å². The average molecular weight is 426 g/mol. The first-order valence-corrected chi connectivity index (χ1v) is 9.38. The number of furan rings is 1. The van der Waals surface area contributed by atoms with E-state index in [0.29, 0.717) is 21.6 Å². The number of fused-ring (bicyclic) bond motifs is 1. The summed E-state index contributed by atoms with van der Waals surface area (Å²) in [6, 6.07) is 10.7. The number of sulfone groups is 1. The fraction of sp³-hybridized carbons (Fsp3) is 0.176. The maximum Gasteiger partial charge on any atom is 0.210 e. The van der Waals surface area contributed by atoms with Crippen LogP contribution >= 0.6 is 22.6 Å². The van der Waals surface area contributed by atoms with Gasteiger partial charge in [0.25, 0.3) is 0 Å². The number of benzene rings is 2. The van der Waals surface area contributed by atoms with Crippen LogP contribution in [0.25, 0.3) is 11.0 Å². The number of rotatable bonds is 2. The Bertz CT molecular complexity index is 967. The maximum absolute atomic E-state index is 13.0. The highest BCUT2D eigenvalue weighted by Crippen LogP contribution is 2.36. The van der Waals surface area contributed by atoms with Gasteiger partial charge in [-0.1, -0.05) is 17.7 Å². The lowest BCUT2D eigenvalue weighted by Crippen LogP contribution is -2.03. The van der Waals surface area contributed by atoms with Gasteiger partial charge in [-0.3, -0.25) is 0 Å². The van der Waals surface area contributed by atoms with Crippen LogP contribution in [0, 0.1) is 24.3 Å². The monoisotopic (exact) mass is 426 g/mol. The Morgan fingerprint density at radius 2 is 1.64 bits per heavy atom. The van der Waals surface area contributed by atoms with Crippen molar-refractivity contribution in [1.82, 2.24) is 0 Å². The quantitative estimate of drug-likeness (QED) is 0.554. The van der Waals surface area contributed by atoms with Crippen molar-refractivity contribution in [2.45, 2.75) is 30.6 Å². The summed E-state index contributed by atoms with van der Waals surface area (Å²) in [5.74, 6) is 0.431. The van der Waals surface area contributed by atoms with Gasteiger partial charge in [0, 0.05) is 8.96 Å². The maximum atomic E-state index is 13.0. The predicted molar refractivity (Wildman–Crippen MR) is 95.0 cm³/mol. The lowest BCUT2D eigenvalue weighted by Gasteiger charge is -2.05. The van der Waals surface area contributed by atoms with E-state index in [0.717, 1.165) is 14.7 Å². The van der Waals surface area contributed by atoms with Crippen molar-refractivity contribution in [3.8, 4) is 0 Å². The van der Waals surface area contributed by atoms with Crippen molar-refractivity contribution >= 4 is 43.4 Å². The minimum Gasteiger partial charge on any atom is -0.460 e. The molecule has 0 aliphatic carbocycles. The van der Waals surface area contributed by atoms with Gasteiger partial charge < -0.3 is 4.42 Å². The van der Waals surface area contributed by atoms with Gasteiger partial charge in [-0.05, 0) is 73.2 Å². The van der Waals surface area contributed by atoms with Crippen molar-refractivity contribution in [3.63, 3.8) is 0 Å². The molecule has 0 amide bonds. The average Bonchev–Trinajstić information content (AvgIpc) is 2.76. The molecule has 1 aromatic heterocycles. The Kier molecular flexibility index (Phi) is 3.81. The van der Waals surface area contributed by atoms with Crippen LogP contribution in [0.4, 0.5) is 0 Å². The normalized spacial score (nSPS) is 12.0. The van der Waals surface area contributed by atoms with E-state index in [2.05, 4.69) is 22.6 Å². The first kappa shape index (κ1) is 15.6. The highest BCUT2D eigenvalue weighted by atomic mass is 127. The zero-order valence-corrected chi connectivity index (χ0v) is 15.4. The first-order chi connectivity index (χ1) is 10.3. The molecule has 3 rings (SSSR count). The molecule has 0 fully saturated rings. The van der Waals surface area contributed by atoms with E-state index < -0.39 is 9.84 Å². The lowest BCUT2D eigenvalue weighted by atomic mass is 10.2. The van der Waals surface area contributed by atoms with Crippen LogP contribution in [0.5, 0.6) is 0 Å². The zero-order chi connectivity index (χ0) is 16.1. The highest BCUT2D eigenvalue weighted by molar-refractivity contribution is 14.1. The molecule has 0 saturated heterocycles. The molecular weight excluding hydrogens is 411 g/mol. The van der Waals surface area contributed by atoms with E-state index in [-0.39, 0.29) is 4.90 Å². The summed E-state index contributed by atoms with van der Waals surface area (Å²) in [6.07, 6.45) is 0. The smallest absolute Gasteiger partial charge is 0.210 e. The fourth-order valence-corrected chi connectivity index (χ4v) is 4.96. The van der Waals surface area contributed by atoms with Gasteiger partial charge in [0.1, 0.15) is 16.2 Å².